The number of carbonyl (C=O) groups excluding carboxylic acids is 1. The van der Waals surface area contributed by atoms with E-state index in [1.807, 2.05) is 12.1 Å². The van der Waals surface area contributed by atoms with Gasteiger partial charge in [-0.25, -0.2) is 0 Å². The van der Waals surface area contributed by atoms with E-state index in [9.17, 15) is 9.90 Å². The van der Waals surface area contributed by atoms with E-state index in [0.717, 1.165) is 45.3 Å². The molecule has 1 unspecified atom stereocenters. The molecule has 0 amide bonds. The zero-order chi connectivity index (χ0) is 12.8. The summed E-state index contributed by atoms with van der Waals surface area (Å²) in [4.78, 5) is 17.0. The van der Waals surface area contributed by atoms with Gasteiger partial charge in [0, 0.05) is 19.2 Å². The standard InChI is InChI=1S/C14H22N2O2.ClH/c17-12-5-4-10-16(11-12)9-2-1-7-14(18)13-6-3-8-15-13;/h3,6,8,12,15,17H,1-2,4-5,7,9-11H2;1H. The number of unbranched alkanes of at least 4 members (excludes halogenated alkanes) is 1. The number of rotatable bonds is 6. The van der Waals surface area contributed by atoms with Gasteiger partial charge in [-0.2, -0.15) is 0 Å². The summed E-state index contributed by atoms with van der Waals surface area (Å²) in [6.45, 7) is 2.88. The Balaban J connectivity index is 0.00000180. The van der Waals surface area contributed by atoms with Crippen molar-refractivity contribution in [3.05, 3.63) is 24.0 Å². The molecule has 5 heteroatoms. The fourth-order valence-corrected chi connectivity index (χ4v) is 2.49. The van der Waals surface area contributed by atoms with Crippen molar-refractivity contribution in [3.63, 3.8) is 0 Å². The minimum Gasteiger partial charge on any atom is -0.392 e. The van der Waals surface area contributed by atoms with Crippen molar-refractivity contribution in [2.24, 2.45) is 0 Å². The Morgan fingerprint density at radius 3 is 3.00 bits per heavy atom. The number of β-amino-alcohol motifs (C(OH)–C–C–N with tert-alkyl or cyclic N) is 1. The summed E-state index contributed by atoms with van der Waals surface area (Å²) in [6, 6.07) is 3.67. The largest absolute Gasteiger partial charge is 0.392 e. The van der Waals surface area contributed by atoms with Gasteiger partial charge in [0.1, 0.15) is 0 Å². The highest BCUT2D eigenvalue weighted by Crippen LogP contribution is 2.11. The number of likely N-dealkylation sites (tertiary alicyclic amines) is 1. The van der Waals surface area contributed by atoms with Crippen molar-refractivity contribution in [2.45, 2.75) is 38.2 Å². The number of aliphatic hydroxyl groups is 1. The molecule has 1 aliphatic heterocycles. The van der Waals surface area contributed by atoms with Crippen LogP contribution in [-0.2, 0) is 0 Å². The Labute approximate surface area is 120 Å². The first-order valence-corrected chi connectivity index (χ1v) is 6.83. The Morgan fingerprint density at radius 2 is 2.32 bits per heavy atom. The maximum absolute atomic E-state index is 11.7. The van der Waals surface area contributed by atoms with Crippen molar-refractivity contribution in [3.8, 4) is 0 Å². The van der Waals surface area contributed by atoms with Gasteiger partial charge in [-0.3, -0.25) is 4.79 Å². The molecule has 1 aromatic heterocycles. The van der Waals surface area contributed by atoms with Crippen LogP contribution in [0.4, 0.5) is 0 Å². The highest BCUT2D eigenvalue weighted by molar-refractivity contribution is 5.94. The second kappa shape index (κ2) is 8.35. The number of aliphatic hydroxyl groups excluding tert-OH is 1. The third-order valence-corrected chi connectivity index (χ3v) is 3.51. The summed E-state index contributed by atoms with van der Waals surface area (Å²) in [6.07, 6.45) is 6.20. The molecule has 19 heavy (non-hydrogen) atoms. The molecule has 0 aliphatic carbocycles. The van der Waals surface area contributed by atoms with Crippen LogP contribution in [0.5, 0.6) is 0 Å². The van der Waals surface area contributed by atoms with Gasteiger partial charge in [-0.1, -0.05) is 0 Å². The van der Waals surface area contributed by atoms with E-state index in [1.165, 1.54) is 0 Å². The predicted molar refractivity (Wildman–Crippen MR) is 77.9 cm³/mol. The number of piperidine rings is 1. The van der Waals surface area contributed by atoms with Crippen LogP contribution in [0.15, 0.2) is 18.3 Å². The van der Waals surface area contributed by atoms with E-state index < -0.39 is 0 Å². The van der Waals surface area contributed by atoms with Gasteiger partial charge in [0.2, 0.25) is 0 Å². The molecular formula is C14H23ClN2O2. The van der Waals surface area contributed by atoms with Gasteiger partial charge in [-0.15, -0.1) is 12.4 Å². The number of aromatic amines is 1. The van der Waals surface area contributed by atoms with E-state index in [2.05, 4.69) is 9.88 Å². The number of ketones is 1. The summed E-state index contributed by atoms with van der Waals surface area (Å²) < 4.78 is 0. The second-order valence-corrected chi connectivity index (χ2v) is 5.06. The van der Waals surface area contributed by atoms with Crippen LogP contribution in [0, 0.1) is 0 Å². The van der Waals surface area contributed by atoms with Crippen LogP contribution in [0.2, 0.25) is 0 Å². The molecule has 1 aliphatic rings. The number of H-pyrrole nitrogens is 1. The maximum atomic E-state index is 11.7. The van der Waals surface area contributed by atoms with Gasteiger partial charge in [0.05, 0.1) is 11.8 Å². The fourth-order valence-electron chi connectivity index (χ4n) is 2.49. The van der Waals surface area contributed by atoms with E-state index in [0.29, 0.717) is 12.1 Å². The first-order valence-electron chi connectivity index (χ1n) is 6.83. The molecule has 2 rings (SSSR count). The third kappa shape index (κ3) is 5.35. The van der Waals surface area contributed by atoms with Crippen molar-refractivity contribution in [1.29, 1.82) is 0 Å². The molecule has 108 valence electrons. The molecule has 0 aromatic carbocycles. The lowest BCUT2D eigenvalue weighted by Crippen LogP contribution is -2.38. The molecule has 1 aromatic rings. The molecule has 2 heterocycles. The van der Waals surface area contributed by atoms with Crippen molar-refractivity contribution in [2.75, 3.05) is 19.6 Å². The Kier molecular flexibility index (Phi) is 7.13. The Hall–Kier alpha value is -0.840. The lowest BCUT2D eigenvalue weighted by Gasteiger charge is -2.29. The Morgan fingerprint density at radius 1 is 1.47 bits per heavy atom. The number of nitrogens with zero attached hydrogens (tertiary/aromatic N) is 1. The molecule has 0 radical (unpaired) electrons. The van der Waals surface area contributed by atoms with E-state index in [1.54, 1.807) is 6.20 Å². The monoisotopic (exact) mass is 286 g/mol. The van der Waals surface area contributed by atoms with E-state index in [4.69, 9.17) is 0 Å². The zero-order valence-corrected chi connectivity index (χ0v) is 12.0. The summed E-state index contributed by atoms with van der Waals surface area (Å²) in [5.41, 5.74) is 0.711. The summed E-state index contributed by atoms with van der Waals surface area (Å²) >= 11 is 0. The zero-order valence-electron chi connectivity index (χ0n) is 11.2. The molecule has 0 spiro atoms. The van der Waals surface area contributed by atoms with Crippen molar-refractivity contribution >= 4 is 18.2 Å². The number of Topliss-reactive ketones (excluding diaryl/α,β-unsaturated/α-hetero) is 1. The number of aromatic nitrogens is 1. The predicted octanol–water partition coefficient (Wildman–Crippen LogP) is 2.25. The van der Waals surface area contributed by atoms with Crippen LogP contribution in [0.3, 0.4) is 0 Å². The average molecular weight is 287 g/mol. The van der Waals surface area contributed by atoms with Gasteiger partial charge < -0.3 is 15.0 Å². The van der Waals surface area contributed by atoms with Crippen molar-refractivity contribution in [1.82, 2.24) is 9.88 Å². The highest BCUT2D eigenvalue weighted by Gasteiger charge is 2.16. The summed E-state index contributed by atoms with van der Waals surface area (Å²) in [5, 5.41) is 9.55. The van der Waals surface area contributed by atoms with Gasteiger partial charge in [-0.05, 0) is 50.9 Å². The maximum Gasteiger partial charge on any atom is 0.178 e. The van der Waals surface area contributed by atoms with Gasteiger partial charge >= 0.3 is 0 Å². The van der Waals surface area contributed by atoms with Crippen LogP contribution < -0.4 is 0 Å². The molecule has 1 fully saturated rings. The quantitative estimate of drug-likeness (QED) is 0.623. The Bertz CT molecular complexity index is 368. The first kappa shape index (κ1) is 16.2. The minimum absolute atomic E-state index is 0. The number of carbonyl (C=O) groups is 1. The number of nitrogens with one attached hydrogen (secondary N) is 1. The highest BCUT2D eigenvalue weighted by atomic mass is 35.5. The average Bonchev–Trinajstić information content (AvgIpc) is 2.88. The van der Waals surface area contributed by atoms with Gasteiger partial charge in [0.15, 0.2) is 5.78 Å². The van der Waals surface area contributed by atoms with Crippen LogP contribution in [0.1, 0.15) is 42.6 Å². The summed E-state index contributed by atoms with van der Waals surface area (Å²) in [5.74, 6) is 0.193. The summed E-state index contributed by atoms with van der Waals surface area (Å²) in [7, 11) is 0. The molecule has 2 N–H and O–H groups in total. The first-order chi connectivity index (χ1) is 8.75. The normalized spacial score (nSPS) is 19.9. The van der Waals surface area contributed by atoms with E-state index >= 15 is 0 Å². The fraction of sp³-hybridized carbons (Fsp3) is 0.643. The van der Waals surface area contributed by atoms with E-state index in [-0.39, 0.29) is 24.3 Å². The lowest BCUT2D eigenvalue weighted by atomic mass is 10.1. The van der Waals surface area contributed by atoms with Crippen LogP contribution in [0.25, 0.3) is 0 Å². The molecule has 0 saturated carbocycles. The van der Waals surface area contributed by atoms with Crippen molar-refractivity contribution < 1.29 is 9.90 Å². The molecule has 1 atom stereocenters. The number of hydrogen-bond donors (Lipinski definition) is 2. The number of hydrogen-bond acceptors (Lipinski definition) is 3. The van der Waals surface area contributed by atoms with Crippen LogP contribution >= 0.6 is 12.4 Å². The molecule has 0 bridgehead atoms. The SMILES string of the molecule is Cl.O=C(CCCCN1CCCC(O)C1)c1ccc[nH]1. The topological polar surface area (TPSA) is 56.3 Å². The number of halogens is 1. The lowest BCUT2D eigenvalue weighted by molar-refractivity contribution is 0.0694. The molecule has 1 saturated heterocycles. The minimum atomic E-state index is -0.153. The second-order valence-electron chi connectivity index (χ2n) is 5.06. The third-order valence-electron chi connectivity index (χ3n) is 3.51. The smallest absolute Gasteiger partial charge is 0.178 e. The molecule has 4 nitrogen and oxygen atoms in total. The van der Waals surface area contributed by atoms with Crippen LogP contribution in [-0.4, -0.2) is 46.5 Å². The van der Waals surface area contributed by atoms with Gasteiger partial charge in [0.25, 0.3) is 0 Å². The molecular weight excluding hydrogens is 264 g/mol.